The minimum absolute atomic E-state index is 0.126. The van der Waals surface area contributed by atoms with Gasteiger partial charge in [-0.05, 0) is 19.3 Å². The summed E-state index contributed by atoms with van der Waals surface area (Å²) in [4.78, 5) is 11.2. The molecule has 1 rings (SSSR count). The fourth-order valence-electron chi connectivity index (χ4n) is 1.45. The van der Waals surface area contributed by atoms with Crippen molar-refractivity contribution in [1.82, 2.24) is 5.32 Å². The number of unbranched alkanes of at least 4 members (excludes halogenated alkanes) is 1. The Morgan fingerprint density at radius 2 is 2.38 bits per heavy atom. The number of hydrogen-bond donors (Lipinski definition) is 1. The molecule has 1 unspecified atom stereocenters. The van der Waals surface area contributed by atoms with E-state index in [9.17, 15) is 4.79 Å². The summed E-state index contributed by atoms with van der Waals surface area (Å²) < 4.78 is 0. The van der Waals surface area contributed by atoms with Gasteiger partial charge >= 0.3 is 0 Å². The molecule has 1 atom stereocenters. The van der Waals surface area contributed by atoms with E-state index in [0.717, 1.165) is 25.0 Å². The fourth-order valence-corrected chi connectivity index (χ4v) is 1.45. The summed E-state index contributed by atoms with van der Waals surface area (Å²) in [6.45, 7) is 5.89. The van der Waals surface area contributed by atoms with Gasteiger partial charge in [-0.1, -0.05) is 32.1 Å². The van der Waals surface area contributed by atoms with Crippen molar-refractivity contribution in [1.29, 1.82) is 0 Å². The summed E-state index contributed by atoms with van der Waals surface area (Å²) in [5.74, 6) is 0.256. The van der Waals surface area contributed by atoms with Gasteiger partial charge in [-0.25, -0.2) is 0 Å². The maximum atomic E-state index is 11.2. The standard InChI is InChI=1S/C11H17NO/c1-3-4-5-6-7-10-8-9(2)12-11(10)13/h5-6,10H,2-4,7-8H2,1H3,(H,12,13)/b6-5+. The van der Waals surface area contributed by atoms with Gasteiger partial charge < -0.3 is 5.32 Å². The lowest BCUT2D eigenvalue weighted by molar-refractivity contribution is -0.122. The summed E-state index contributed by atoms with van der Waals surface area (Å²) in [5.41, 5.74) is 0.860. The highest BCUT2D eigenvalue weighted by Crippen LogP contribution is 2.20. The van der Waals surface area contributed by atoms with Crippen LogP contribution in [-0.2, 0) is 4.79 Å². The molecule has 1 saturated heterocycles. The van der Waals surface area contributed by atoms with E-state index < -0.39 is 0 Å². The minimum Gasteiger partial charge on any atom is -0.330 e. The third-order valence-corrected chi connectivity index (χ3v) is 2.21. The van der Waals surface area contributed by atoms with Crippen LogP contribution in [0.5, 0.6) is 0 Å². The van der Waals surface area contributed by atoms with Gasteiger partial charge in [0.05, 0.1) is 0 Å². The molecule has 1 heterocycles. The quantitative estimate of drug-likeness (QED) is 0.659. The van der Waals surface area contributed by atoms with E-state index in [1.807, 2.05) is 0 Å². The van der Waals surface area contributed by atoms with Gasteiger partial charge in [0.25, 0.3) is 0 Å². The summed E-state index contributed by atoms with van der Waals surface area (Å²) in [5, 5.41) is 2.74. The molecule has 0 aromatic rings. The van der Waals surface area contributed by atoms with Gasteiger partial charge in [0.1, 0.15) is 0 Å². The molecule has 0 aromatic heterocycles. The van der Waals surface area contributed by atoms with Gasteiger partial charge in [-0.2, -0.15) is 0 Å². The average Bonchev–Trinajstić information content (AvgIpc) is 2.39. The normalized spacial score (nSPS) is 22.7. The van der Waals surface area contributed by atoms with Crippen molar-refractivity contribution in [2.24, 2.45) is 5.92 Å². The van der Waals surface area contributed by atoms with Crippen LogP contribution in [0.25, 0.3) is 0 Å². The van der Waals surface area contributed by atoms with Crippen LogP contribution in [0.2, 0.25) is 0 Å². The molecule has 0 bridgehead atoms. The second kappa shape index (κ2) is 4.85. The van der Waals surface area contributed by atoms with Crippen molar-refractivity contribution in [2.45, 2.75) is 32.6 Å². The average molecular weight is 179 g/mol. The van der Waals surface area contributed by atoms with E-state index in [0.29, 0.717) is 0 Å². The van der Waals surface area contributed by atoms with E-state index in [-0.39, 0.29) is 11.8 Å². The SMILES string of the molecule is C=C1CC(C/C=C/CCC)C(=O)N1. The maximum absolute atomic E-state index is 11.2. The van der Waals surface area contributed by atoms with Crippen LogP contribution in [-0.4, -0.2) is 5.91 Å². The van der Waals surface area contributed by atoms with E-state index in [1.165, 1.54) is 6.42 Å². The monoisotopic (exact) mass is 179 g/mol. The van der Waals surface area contributed by atoms with E-state index in [4.69, 9.17) is 0 Å². The second-order valence-corrected chi connectivity index (χ2v) is 3.49. The predicted octanol–water partition coefficient (Wildman–Crippen LogP) is 2.38. The fraction of sp³-hybridized carbons (Fsp3) is 0.545. The highest BCUT2D eigenvalue weighted by Gasteiger charge is 2.25. The zero-order valence-electron chi connectivity index (χ0n) is 8.18. The second-order valence-electron chi connectivity index (χ2n) is 3.49. The molecule has 72 valence electrons. The van der Waals surface area contributed by atoms with Crippen molar-refractivity contribution >= 4 is 5.91 Å². The first-order valence-corrected chi connectivity index (χ1v) is 4.87. The Labute approximate surface area is 79.7 Å². The summed E-state index contributed by atoms with van der Waals surface area (Å²) in [7, 11) is 0. The van der Waals surface area contributed by atoms with Crippen LogP contribution < -0.4 is 5.32 Å². The molecule has 1 fully saturated rings. The lowest BCUT2D eigenvalue weighted by Gasteiger charge is -1.99. The molecule has 0 saturated carbocycles. The molecular weight excluding hydrogens is 162 g/mol. The van der Waals surface area contributed by atoms with E-state index in [1.54, 1.807) is 0 Å². The summed E-state index contributed by atoms with van der Waals surface area (Å²) in [6, 6.07) is 0. The lowest BCUT2D eigenvalue weighted by atomic mass is 10.0. The third-order valence-electron chi connectivity index (χ3n) is 2.21. The molecule has 0 aromatic carbocycles. The Morgan fingerprint density at radius 1 is 1.62 bits per heavy atom. The van der Waals surface area contributed by atoms with Gasteiger partial charge in [0.2, 0.25) is 5.91 Å². The number of amides is 1. The van der Waals surface area contributed by atoms with Crippen molar-refractivity contribution in [3.05, 3.63) is 24.4 Å². The zero-order valence-corrected chi connectivity index (χ0v) is 8.18. The number of carbonyl (C=O) groups excluding carboxylic acids is 1. The summed E-state index contributed by atoms with van der Waals surface area (Å²) >= 11 is 0. The highest BCUT2D eigenvalue weighted by atomic mass is 16.2. The first-order chi connectivity index (χ1) is 6.24. The first kappa shape index (κ1) is 10.0. The Morgan fingerprint density at radius 3 is 2.92 bits per heavy atom. The molecule has 1 N–H and O–H groups in total. The lowest BCUT2D eigenvalue weighted by Crippen LogP contribution is -2.17. The predicted molar refractivity (Wildman–Crippen MR) is 54.1 cm³/mol. The number of nitrogens with one attached hydrogen (secondary N) is 1. The van der Waals surface area contributed by atoms with Crippen LogP contribution in [0.4, 0.5) is 0 Å². The first-order valence-electron chi connectivity index (χ1n) is 4.87. The van der Waals surface area contributed by atoms with Crippen molar-refractivity contribution in [3.8, 4) is 0 Å². The molecule has 13 heavy (non-hydrogen) atoms. The molecule has 0 radical (unpaired) electrons. The van der Waals surface area contributed by atoms with Crippen LogP contribution in [0.1, 0.15) is 32.6 Å². The van der Waals surface area contributed by atoms with Gasteiger partial charge in [0.15, 0.2) is 0 Å². The number of hydrogen-bond acceptors (Lipinski definition) is 1. The number of carbonyl (C=O) groups is 1. The topological polar surface area (TPSA) is 29.1 Å². The minimum atomic E-state index is 0.126. The Kier molecular flexibility index (Phi) is 3.74. The Hall–Kier alpha value is -1.05. The zero-order chi connectivity index (χ0) is 9.68. The van der Waals surface area contributed by atoms with Crippen LogP contribution >= 0.6 is 0 Å². The van der Waals surface area contributed by atoms with Crippen molar-refractivity contribution in [3.63, 3.8) is 0 Å². The largest absolute Gasteiger partial charge is 0.330 e. The van der Waals surface area contributed by atoms with Crippen LogP contribution in [0.3, 0.4) is 0 Å². The molecule has 1 amide bonds. The van der Waals surface area contributed by atoms with E-state index >= 15 is 0 Å². The van der Waals surface area contributed by atoms with Crippen LogP contribution in [0.15, 0.2) is 24.4 Å². The molecule has 1 aliphatic rings. The third kappa shape index (κ3) is 3.05. The molecule has 1 aliphatic heterocycles. The van der Waals surface area contributed by atoms with Gasteiger partial charge in [-0.15, -0.1) is 0 Å². The highest BCUT2D eigenvalue weighted by molar-refractivity contribution is 5.83. The Balaban J connectivity index is 2.29. The molecule has 0 spiro atoms. The smallest absolute Gasteiger partial charge is 0.227 e. The van der Waals surface area contributed by atoms with Crippen molar-refractivity contribution < 1.29 is 4.79 Å². The van der Waals surface area contributed by atoms with E-state index in [2.05, 4.69) is 31.0 Å². The Bertz CT molecular complexity index is 230. The van der Waals surface area contributed by atoms with Crippen LogP contribution in [0, 0.1) is 5.92 Å². The number of rotatable bonds is 4. The molecule has 0 aliphatic carbocycles. The van der Waals surface area contributed by atoms with Gasteiger partial charge in [-0.3, -0.25) is 4.79 Å². The molecular formula is C11H17NO. The maximum Gasteiger partial charge on any atom is 0.227 e. The summed E-state index contributed by atoms with van der Waals surface area (Å²) in [6.07, 6.45) is 8.18. The number of allylic oxidation sites excluding steroid dienone is 3. The van der Waals surface area contributed by atoms with Gasteiger partial charge in [0, 0.05) is 11.6 Å². The molecule has 2 heteroatoms. The molecule has 2 nitrogen and oxygen atoms in total. The van der Waals surface area contributed by atoms with Crippen molar-refractivity contribution in [2.75, 3.05) is 0 Å².